The van der Waals surface area contributed by atoms with E-state index >= 15 is 0 Å². The molecule has 0 aliphatic heterocycles. The van der Waals surface area contributed by atoms with Gasteiger partial charge in [0.05, 0.1) is 6.54 Å². The largest absolute Gasteiger partial charge is 0.330 e. The van der Waals surface area contributed by atoms with Gasteiger partial charge in [0.2, 0.25) is 0 Å². The number of nitrogens with two attached hydrogens (primary N) is 1. The molecule has 0 amide bonds. The number of nitrogens with zero attached hydrogens (tertiary/aromatic N) is 1. The first-order valence-electron chi connectivity index (χ1n) is 5.04. The highest BCUT2D eigenvalue weighted by Gasteiger charge is 2.15. The second-order valence-electron chi connectivity index (χ2n) is 4.63. The van der Waals surface area contributed by atoms with Gasteiger partial charge in [-0.3, -0.25) is 0 Å². The lowest BCUT2D eigenvalue weighted by Gasteiger charge is -2.24. The fraction of sp³-hybridized carbons (Fsp3) is 1.00. The van der Waals surface area contributed by atoms with Crippen LogP contribution in [0.15, 0.2) is 0 Å². The van der Waals surface area contributed by atoms with Gasteiger partial charge in [-0.2, -0.15) is 0 Å². The Labute approximate surface area is 85.5 Å². The van der Waals surface area contributed by atoms with Crippen LogP contribution in [0.1, 0.15) is 26.7 Å². The van der Waals surface area contributed by atoms with Crippen molar-refractivity contribution in [3.8, 4) is 0 Å². The number of hydrogen-bond donors (Lipinski definition) is 1. The molecule has 2 nitrogen and oxygen atoms in total. The minimum atomic E-state index is -2.23. The van der Waals surface area contributed by atoms with Crippen molar-refractivity contribution in [1.29, 1.82) is 0 Å². The van der Waals surface area contributed by atoms with Crippen molar-refractivity contribution in [2.45, 2.75) is 33.1 Å². The Kier molecular flexibility index (Phi) is 6.20. The van der Waals surface area contributed by atoms with Gasteiger partial charge < -0.3 is 10.6 Å². The molecule has 14 heavy (non-hydrogen) atoms. The van der Waals surface area contributed by atoms with Crippen molar-refractivity contribution < 1.29 is 8.78 Å². The summed E-state index contributed by atoms with van der Waals surface area (Å²) in [6, 6.07) is 0. The van der Waals surface area contributed by atoms with Gasteiger partial charge in [-0.15, -0.1) is 0 Å². The molecule has 0 bridgehead atoms. The van der Waals surface area contributed by atoms with Gasteiger partial charge in [-0.05, 0) is 38.4 Å². The van der Waals surface area contributed by atoms with Crippen molar-refractivity contribution in [3.05, 3.63) is 0 Å². The summed E-state index contributed by atoms with van der Waals surface area (Å²) in [5, 5.41) is 0. The molecule has 0 atom stereocenters. The van der Waals surface area contributed by atoms with E-state index in [1.165, 1.54) is 0 Å². The Bertz CT molecular complexity index is 149. The smallest absolute Gasteiger partial charge is 0.251 e. The van der Waals surface area contributed by atoms with E-state index in [1.54, 1.807) is 11.9 Å². The summed E-state index contributed by atoms with van der Waals surface area (Å²) in [6.45, 7) is 5.42. The first kappa shape index (κ1) is 13.8. The molecule has 0 rings (SSSR count). The van der Waals surface area contributed by atoms with Crippen LogP contribution in [0.3, 0.4) is 0 Å². The van der Waals surface area contributed by atoms with Crippen LogP contribution in [0.2, 0.25) is 0 Å². The summed E-state index contributed by atoms with van der Waals surface area (Å²) in [7, 11) is 1.72. The molecule has 0 heterocycles. The van der Waals surface area contributed by atoms with Crippen LogP contribution in [0.4, 0.5) is 8.78 Å². The molecule has 0 aliphatic rings. The Morgan fingerprint density at radius 2 is 1.93 bits per heavy atom. The summed E-state index contributed by atoms with van der Waals surface area (Å²) in [5.41, 5.74) is 5.70. The normalized spacial score (nSPS) is 12.9. The molecule has 0 aromatic rings. The van der Waals surface area contributed by atoms with Crippen molar-refractivity contribution in [3.63, 3.8) is 0 Å². The van der Waals surface area contributed by atoms with E-state index in [0.29, 0.717) is 13.1 Å². The molecule has 0 saturated carbocycles. The minimum absolute atomic E-state index is 0.131. The van der Waals surface area contributed by atoms with E-state index in [2.05, 4.69) is 13.8 Å². The van der Waals surface area contributed by atoms with Crippen molar-refractivity contribution >= 4 is 0 Å². The average Bonchev–Trinajstić information content (AvgIpc) is 2.02. The Hall–Kier alpha value is -0.220. The fourth-order valence-electron chi connectivity index (χ4n) is 1.26. The molecule has 0 unspecified atom stereocenters. The monoisotopic (exact) mass is 208 g/mol. The predicted octanol–water partition coefficient (Wildman–Crippen LogP) is 1.95. The maximum Gasteiger partial charge on any atom is 0.251 e. The maximum atomic E-state index is 12.0. The highest BCUT2D eigenvalue weighted by molar-refractivity contribution is 4.69. The van der Waals surface area contributed by atoms with E-state index in [0.717, 1.165) is 12.8 Å². The summed E-state index contributed by atoms with van der Waals surface area (Å²) >= 11 is 0. The highest BCUT2D eigenvalue weighted by atomic mass is 19.3. The predicted molar refractivity (Wildman–Crippen MR) is 55.6 cm³/mol. The molecule has 0 fully saturated rings. The molecule has 0 aromatic carbocycles. The second-order valence-corrected chi connectivity index (χ2v) is 4.63. The number of hydrogen-bond acceptors (Lipinski definition) is 2. The highest BCUT2D eigenvalue weighted by Crippen LogP contribution is 2.20. The first-order chi connectivity index (χ1) is 6.37. The summed E-state index contributed by atoms with van der Waals surface area (Å²) in [5.74, 6) is 0. The third-order valence-corrected chi connectivity index (χ3v) is 2.40. The van der Waals surface area contributed by atoms with Gasteiger partial charge in [-0.25, -0.2) is 8.78 Å². The van der Waals surface area contributed by atoms with E-state index in [4.69, 9.17) is 5.73 Å². The quantitative estimate of drug-likeness (QED) is 0.693. The Morgan fingerprint density at radius 1 is 1.36 bits per heavy atom. The fourth-order valence-corrected chi connectivity index (χ4v) is 1.26. The third-order valence-electron chi connectivity index (χ3n) is 2.40. The molecular weight excluding hydrogens is 186 g/mol. The van der Waals surface area contributed by atoms with Crippen LogP contribution in [0.5, 0.6) is 0 Å². The second kappa shape index (κ2) is 6.30. The molecule has 0 aliphatic carbocycles. The van der Waals surface area contributed by atoms with Gasteiger partial charge in [-0.1, -0.05) is 13.8 Å². The molecule has 0 spiro atoms. The molecule has 4 heteroatoms. The zero-order valence-electron chi connectivity index (χ0n) is 9.39. The average molecular weight is 208 g/mol. The maximum absolute atomic E-state index is 12.0. The first-order valence-corrected chi connectivity index (χ1v) is 5.04. The van der Waals surface area contributed by atoms with Gasteiger partial charge >= 0.3 is 0 Å². The van der Waals surface area contributed by atoms with Gasteiger partial charge in [0.25, 0.3) is 6.43 Å². The standard InChI is InChI=1S/C10H22F2N2/c1-10(2,8-13)5-4-6-14(3)7-9(11)12/h9H,4-8,13H2,1-3H3. The van der Waals surface area contributed by atoms with Crippen LogP contribution < -0.4 is 5.73 Å². The van der Waals surface area contributed by atoms with Crippen LogP contribution in [0, 0.1) is 5.41 Å². The number of alkyl halides is 2. The zero-order chi connectivity index (χ0) is 11.2. The van der Waals surface area contributed by atoms with Gasteiger partial charge in [0.15, 0.2) is 0 Å². The SMILES string of the molecule is CN(CCCC(C)(C)CN)CC(F)F. The molecule has 0 aromatic heterocycles. The number of halogens is 2. The van der Waals surface area contributed by atoms with E-state index in [9.17, 15) is 8.78 Å². The summed E-state index contributed by atoms with van der Waals surface area (Å²) in [4.78, 5) is 1.66. The lowest BCUT2D eigenvalue weighted by molar-refractivity contribution is 0.0982. The minimum Gasteiger partial charge on any atom is -0.330 e. The molecule has 86 valence electrons. The number of rotatable bonds is 7. The summed E-state index contributed by atoms with van der Waals surface area (Å²) < 4.78 is 23.9. The van der Waals surface area contributed by atoms with Gasteiger partial charge in [0, 0.05) is 0 Å². The topological polar surface area (TPSA) is 29.3 Å². The third kappa shape index (κ3) is 7.21. The lowest BCUT2D eigenvalue weighted by Crippen LogP contribution is -2.28. The zero-order valence-corrected chi connectivity index (χ0v) is 9.39. The summed E-state index contributed by atoms with van der Waals surface area (Å²) in [6.07, 6.45) is -0.327. The lowest BCUT2D eigenvalue weighted by atomic mass is 9.88. The molecule has 2 N–H and O–H groups in total. The van der Waals surface area contributed by atoms with Crippen molar-refractivity contribution in [1.82, 2.24) is 4.90 Å². The van der Waals surface area contributed by atoms with E-state index < -0.39 is 6.43 Å². The van der Waals surface area contributed by atoms with Crippen LogP contribution in [-0.4, -0.2) is 38.0 Å². The van der Waals surface area contributed by atoms with E-state index in [-0.39, 0.29) is 12.0 Å². The van der Waals surface area contributed by atoms with Crippen LogP contribution >= 0.6 is 0 Å². The Balaban J connectivity index is 3.53. The molecule has 0 radical (unpaired) electrons. The van der Waals surface area contributed by atoms with Crippen LogP contribution in [-0.2, 0) is 0 Å². The van der Waals surface area contributed by atoms with E-state index in [1.807, 2.05) is 0 Å². The molecule has 0 saturated heterocycles. The van der Waals surface area contributed by atoms with Crippen LogP contribution in [0.25, 0.3) is 0 Å². The molecular formula is C10H22F2N2. The van der Waals surface area contributed by atoms with Gasteiger partial charge in [0.1, 0.15) is 0 Å². The van der Waals surface area contributed by atoms with Crippen molar-refractivity contribution in [2.75, 3.05) is 26.7 Å². The van der Waals surface area contributed by atoms with Crippen molar-refractivity contribution in [2.24, 2.45) is 11.1 Å². The Morgan fingerprint density at radius 3 is 2.36 bits per heavy atom.